The Morgan fingerprint density at radius 2 is 2.30 bits per heavy atom. The molecule has 1 heterocycles. The summed E-state index contributed by atoms with van der Waals surface area (Å²) in [4.78, 5) is 0. The Bertz CT molecular complexity index is 489. The van der Waals surface area contributed by atoms with E-state index in [1.165, 1.54) is 0 Å². The summed E-state index contributed by atoms with van der Waals surface area (Å²) in [6, 6.07) is 5.82. The van der Waals surface area contributed by atoms with Gasteiger partial charge < -0.3 is 19.9 Å². The molecule has 1 aromatic carbocycles. The van der Waals surface area contributed by atoms with Crippen LogP contribution in [0.2, 0.25) is 0 Å². The lowest BCUT2D eigenvalue weighted by atomic mass is 9.87. The predicted molar refractivity (Wildman–Crippen MR) is 80.5 cm³/mol. The van der Waals surface area contributed by atoms with Gasteiger partial charge in [0.05, 0.1) is 25.2 Å². The third-order valence-electron chi connectivity index (χ3n) is 3.30. The molecule has 1 saturated heterocycles. The fraction of sp³-hybridized carbons (Fsp3) is 0.467. The second-order valence-corrected chi connectivity index (χ2v) is 5.91. The molecule has 4 nitrogen and oxygen atoms in total. The van der Waals surface area contributed by atoms with Gasteiger partial charge in [-0.3, -0.25) is 0 Å². The molecule has 0 atom stereocenters. The molecular formula is C15H18BrNO3. The zero-order chi connectivity index (χ0) is 14.4. The Morgan fingerprint density at radius 3 is 2.90 bits per heavy atom. The Balaban J connectivity index is 1.94. The Kier molecular flexibility index (Phi) is 5.44. The molecule has 5 heteroatoms. The topological polar surface area (TPSA) is 50.7 Å². The van der Waals surface area contributed by atoms with Gasteiger partial charge in [0, 0.05) is 23.1 Å². The molecule has 0 amide bonds. The van der Waals surface area contributed by atoms with Crippen LogP contribution in [0.1, 0.15) is 5.56 Å². The standard InChI is InChI=1S/C15H18BrNO3/c1-2-5-20-14-4-3-13(16)6-12(14)7-17-8-15(9-18)10-19-11-15/h1,3-4,6,17-18H,5,7-11H2. The zero-order valence-electron chi connectivity index (χ0n) is 11.2. The van der Waals surface area contributed by atoms with E-state index in [9.17, 15) is 5.11 Å². The SMILES string of the molecule is C#CCOc1ccc(Br)cc1CNCC1(CO)COC1. The van der Waals surface area contributed by atoms with Crippen molar-refractivity contribution >= 4 is 15.9 Å². The summed E-state index contributed by atoms with van der Waals surface area (Å²) in [7, 11) is 0. The lowest BCUT2D eigenvalue weighted by Crippen LogP contribution is -2.52. The molecule has 1 aliphatic rings. The van der Waals surface area contributed by atoms with Gasteiger partial charge in [-0.2, -0.15) is 0 Å². The minimum atomic E-state index is -0.133. The average Bonchev–Trinajstić information content (AvgIpc) is 2.41. The van der Waals surface area contributed by atoms with Gasteiger partial charge in [0.15, 0.2) is 0 Å². The molecule has 0 aromatic heterocycles. The first kappa shape index (κ1) is 15.3. The molecule has 0 aliphatic carbocycles. The van der Waals surface area contributed by atoms with Gasteiger partial charge in [0.2, 0.25) is 0 Å². The summed E-state index contributed by atoms with van der Waals surface area (Å²) < 4.78 is 11.7. The summed E-state index contributed by atoms with van der Waals surface area (Å²) in [6.07, 6.45) is 5.22. The van der Waals surface area contributed by atoms with E-state index >= 15 is 0 Å². The predicted octanol–water partition coefficient (Wildman–Crippen LogP) is 1.56. The van der Waals surface area contributed by atoms with Crippen LogP contribution in [-0.4, -0.2) is 38.1 Å². The van der Waals surface area contributed by atoms with Gasteiger partial charge in [-0.05, 0) is 18.2 Å². The number of aliphatic hydroxyl groups excluding tert-OH is 1. The van der Waals surface area contributed by atoms with Crippen molar-refractivity contribution < 1.29 is 14.6 Å². The van der Waals surface area contributed by atoms with Gasteiger partial charge in [-0.25, -0.2) is 0 Å². The third kappa shape index (κ3) is 3.74. The molecule has 0 unspecified atom stereocenters. The lowest BCUT2D eigenvalue weighted by molar-refractivity contribution is -0.134. The largest absolute Gasteiger partial charge is 0.481 e. The zero-order valence-corrected chi connectivity index (χ0v) is 12.8. The monoisotopic (exact) mass is 339 g/mol. The van der Waals surface area contributed by atoms with Gasteiger partial charge in [0.1, 0.15) is 12.4 Å². The molecule has 0 spiro atoms. The number of hydrogen-bond acceptors (Lipinski definition) is 4. The van der Waals surface area contributed by atoms with E-state index in [0.717, 1.165) is 15.8 Å². The first-order valence-corrected chi connectivity index (χ1v) is 7.22. The van der Waals surface area contributed by atoms with Crippen molar-refractivity contribution in [2.45, 2.75) is 6.54 Å². The van der Waals surface area contributed by atoms with Crippen molar-refractivity contribution in [2.75, 3.05) is 33.0 Å². The fourth-order valence-corrected chi connectivity index (χ4v) is 2.46. The molecule has 0 bridgehead atoms. The van der Waals surface area contributed by atoms with Crippen LogP contribution in [0.15, 0.2) is 22.7 Å². The molecule has 1 aromatic rings. The summed E-state index contributed by atoms with van der Waals surface area (Å²) in [5, 5.41) is 12.7. The first-order chi connectivity index (χ1) is 9.69. The van der Waals surface area contributed by atoms with Crippen molar-refractivity contribution in [3.8, 4) is 18.1 Å². The number of aliphatic hydroxyl groups is 1. The Labute approximate surface area is 127 Å². The van der Waals surface area contributed by atoms with E-state index in [4.69, 9.17) is 15.9 Å². The molecule has 2 rings (SSSR count). The second kappa shape index (κ2) is 7.09. The second-order valence-electron chi connectivity index (χ2n) is 5.00. The maximum absolute atomic E-state index is 9.37. The van der Waals surface area contributed by atoms with Crippen LogP contribution in [0.5, 0.6) is 5.75 Å². The smallest absolute Gasteiger partial charge is 0.148 e. The molecule has 1 aliphatic heterocycles. The number of ether oxygens (including phenoxy) is 2. The lowest BCUT2D eigenvalue weighted by Gasteiger charge is -2.40. The first-order valence-electron chi connectivity index (χ1n) is 6.43. The summed E-state index contributed by atoms with van der Waals surface area (Å²) >= 11 is 3.45. The normalized spacial score (nSPS) is 16.2. The number of hydrogen-bond donors (Lipinski definition) is 2. The molecule has 0 saturated carbocycles. The van der Waals surface area contributed by atoms with Crippen LogP contribution < -0.4 is 10.1 Å². The van der Waals surface area contributed by atoms with Gasteiger partial charge in [-0.15, -0.1) is 6.42 Å². The maximum atomic E-state index is 9.37. The van der Waals surface area contributed by atoms with Gasteiger partial charge in [0.25, 0.3) is 0 Å². The number of nitrogens with one attached hydrogen (secondary N) is 1. The van der Waals surface area contributed by atoms with E-state index in [1.54, 1.807) is 0 Å². The average molecular weight is 340 g/mol. The number of terminal acetylenes is 1. The van der Waals surface area contributed by atoms with Crippen LogP contribution in [0.4, 0.5) is 0 Å². The van der Waals surface area contributed by atoms with Crippen LogP contribution in [0.3, 0.4) is 0 Å². The maximum Gasteiger partial charge on any atom is 0.148 e. The van der Waals surface area contributed by atoms with Crippen LogP contribution in [0, 0.1) is 17.8 Å². The highest BCUT2D eigenvalue weighted by atomic mass is 79.9. The third-order valence-corrected chi connectivity index (χ3v) is 3.79. The number of benzene rings is 1. The summed E-state index contributed by atoms with van der Waals surface area (Å²) in [6.45, 7) is 2.97. The van der Waals surface area contributed by atoms with Crippen molar-refractivity contribution in [1.82, 2.24) is 5.32 Å². The summed E-state index contributed by atoms with van der Waals surface area (Å²) in [5.41, 5.74) is 0.897. The quantitative estimate of drug-likeness (QED) is 0.740. The minimum Gasteiger partial charge on any atom is -0.481 e. The molecule has 20 heavy (non-hydrogen) atoms. The van der Waals surface area contributed by atoms with Crippen molar-refractivity contribution in [3.63, 3.8) is 0 Å². The highest BCUT2D eigenvalue weighted by Gasteiger charge is 2.37. The van der Waals surface area contributed by atoms with E-state index in [2.05, 4.69) is 27.2 Å². The molecule has 108 valence electrons. The van der Waals surface area contributed by atoms with Crippen LogP contribution in [0.25, 0.3) is 0 Å². The molecule has 2 N–H and O–H groups in total. The Morgan fingerprint density at radius 1 is 1.50 bits per heavy atom. The van der Waals surface area contributed by atoms with E-state index in [0.29, 0.717) is 26.3 Å². The van der Waals surface area contributed by atoms with E-state index in [-0.39, 0.29) is 18.6 Å². The van der Waals surface area contributed by atoms with Gasteiger partial charge >= 0.3 is 0 Å². The molecular weight excluding hydrogens is 322 g/mol. The Hall–Kier alpha value is -1.06. The summed E-state index contributed by atoms with van der Waals surface area (Å²) in [5.74, 6) is 3.24. The molecule has 1 fully saturated rings. The minimum absolute atomic E-state index is 0.133. The van der Waals surface area contributed by atoms with Crippen molar-refractivity contribution in [2.24, 2.45) is 5.41 Å². The van der Waals surface area contributed by atoms with Crippen LogP contribution >= 0.6 is 15.9 Å². The number of rotatable bonds is 7. The highest BCUT2D eigenvalue weighted by Crippen LogP contribution is 2.27. The van der Waals surface area contributed by atoms with Gasteiger partial charge in [-0.1, -0.05) is 21.9 Å². The van der Waals surface area contributed by atoms with Crippen molar-refractivity contribution in [1.29, 1.82) is 0 Å². The fourth-order valence-electron chi connectivity index (χ4n) is 2.05. The highest BCUT2D eigenvalue weighted by molar-refractivity contribution is 9.10. The van der Waals surface area contributed by atoms with Crippen LogP contribution in [-0.2, 0) is 11.3 Å². The van der Waals surface area contributed by atoms with Crippen molar-refractivity contribution in [3.05, 3.63) is 28.2 Å². The number of halogens is 1. The van der Waals surface area contributed by atoms with E-state index < -0.39 is 0 Å². The van der Waals surface area contributed by atoms with E-state index in [1.807, 2.05) is 18.2 Å². The molecule has 0 radical (unpaired) electrons.